The van der Waals surface area contributed by atoms with Crippen molar-refractivity contribution in [1.82, 2.24) is 30.4 Å². The summed E-state index contributed by atoms with van der Waals surface area (Å²) in [6.07, 6.45) is 1.49. The molecule has 0 bridgehead atoms. The van der Waals surface area contributed by atoms with E-state index in [9.17, 15) is 23.6 Å². The predicted octanol–water partition coefficient (Wildman–Crippen LogP) is 6.04. The molecule has 15 heteroatoms. The van der Waals surface area contributed by atoms with Crippen LogP contribution in [0.15, 0.2) is 54.7 Å². The van der Waals surface area contributed by atoms with Gasteiger partial charge in [0.2, 0.25) is 17.7 Å². The maximum atomic E-state index is 15.2. The van der Waals surface area contributed by atoms with Crippen molar-refractivity contribution in [2.45, 2.75) is 99.0 Å². The Hall–Kier alpha value is -4.50. The van der Waals surface area contributed by atoms with E-state index < -0.39 is 52.8 Å². The number of thioether (sulfide) groups is 1. The Balaban J connectivity index is 1.89. The van der Waals surface area contributed by atoms with Crippen molar-refractivity contribution in [2.75, 3.05) is 31.1 Å². The lowest BCUT2D eigenvalue weighted by molar-refractivity contribution is -0.133. The molecular formula is C41H59F2N7O5S. The summed E-state index contributed by atoms with van der Waals surface area (Å²) in [4.78, 5) is 58.3. The summed E-state index contributed by atoms with van der Waals surface area (Å²) in [5, 5.41) is 8.19. The average Bonchev–Trinajstić information content (AvgIpc) is 3.50. The highest BCUT2D eigenvalue weighted by atomic mass is 32.2. The third kappa shape index (κ3) is 14.2. The van der Waals surface area contributed by atoms with Gasteiger partial charge in [-0.05, 0) is 69.2 Å². The zero-order valence-electron chi connectivity index (χ0n) is 34.1. The smallest absolute Gasteiger partial charge is 0.407 e. The molecule has 2 aromatic carbocycles. The van der Waals surface area contributed by atoms with E-state index in [0.29, 0.717) is 24.5 Å². The molecule has 0 unspecified atom stereocenters. The number of carbonyl (C=O) groups excluding carboxylic acids is 4. The molecule has 3 aromatic rings. The Bertz CT molecular complexity index is 1780. The molecule has 3 atom stereocenters. The van der Waals surface area contributed by atoms with Crippen LogP contribution in [0.5, 0.6) is 0 Å². The molecule has 0 saturated heterocycles. The van der Waals surface area contributed by atoms with E-state index in [4.69, 9.17) is 15.5 Å². The molecule has 5 N–H and O–H groups in total. The zero-order chi connectivity index (χ0) is 41.8. The maximum Gasteiger partial charge on any atom is 0.407 e. The van der Waals surface area contributed by atoms with Crippen LogP contribution in [-0.2, 0) is 25.7 Å². The van der Waals surface area contributed by atoms with Crippen molar-refractivity contribution in [3.05, 3.63) is 77.8 Å². The molecule has 0 spiro atoms. The molecule has 56 heavy (non-hydrogen) atoms. The highest BCUT2D eigenvalue weighted by Gasteiger charge is 2.38. The number of hydrogen-bond acceptors (Lipinski definition) is 8. The largest absolute Gasteiger partial charge is 0.444 e. The summed E-state index contributed by atoms with van der Waals surface area (Å²) >= 11 is 1.33. The molecular weight excluding hydrogens is 741 g/mol. The van der Waals surface area contributed by atoms with E-state index >= 15 is 4.39 Å². The molecule has 0 aliphatic heterocycles. The van der Waals surface area contributed by atoms with Crippen molar-refractivity contribution < 1.29 is 32.7 Å². The number of hydrogen-bond donors (Lipinski definition) is 4. The van der Waals surface area contributed by atoms with E-state index in [0.717, 1.165) is 23.8 Å². The second-order valence-electron chi connectivity index (χ2n) is 16.2. The van der Waals surface area contributed by atoms with Crippen molar-refractivity contribution >= 4 is 35.6 Å². The molecule has 1 heterocycles. The van der Waals surface area contributed by atoms with E-state index in [1.54, 1.807) is 38.8 Å². The van der Waals surface area contributed by atoms with Gasteiger partial charge in [0.25, 0.3) is 0 Å². The Morgan fingerprint density at radius 1 is 0.946 bits per heavy atom. The van der Waals surface area contributed by atoms with Crippen LogP contribution in [0.2, 0.25) is 0 Å². The van der Waals surface area contributed by atoms with Gasteiger partial charge in [-0.25, -0.2) is 18.6 Å². The number of nitrogens with two attached hydrogens (primary N) is 1. The fraction of sp³-hybridized carbons (Fsp3) is 0.537. The van der Waals surface area contributed by atoms with Crippen molar-refractivity contribution in [3.8, 4) is 11.3 Å². The number of halogens is 2. The summed E-state index contributed by atoms with van der Waals surface area (Å²) in [7, 11) is 0. The van der Waals surface area contributed by atoms with Crippen LogP contribution in [0, 0.1) is 23.0 Å². The Kier molecular flexibility index (Phi) is 16.9. The number of aromatic nitrogens is 2. The van der Waals surface area contributed by atoms with E-state index in [1.165, 1.54) is 11.8 Å². The van der Waals surface area contributed by atoms with Crippen molar-refractivity contribution in [1.29, 1.82) is 0 Å². The minimum absolute atomic E-state index is 0.000544. The Morgan fingerprint density at radius 2 is 1.62 bits per heavy atom. The molecule has 12 nitrogen and oxygen atoms in total. The van der Waals surface area contributed by atoms with Crippen molar-refractivity contribution in [3.63, 3.8) is 0 Å². The lowest BCUT2D eigenvalue weighted by Gasteiger charge is -2.40. The summed E-state index contributed by atoms with van der Waals surface area (Å²) in [6.45, 7) is 17.5. The molecule has 3 rings (SSSR count). The number of ether oxygens (including phenoxy) is 1. The van der Waals surface area contributed by atoms with Gasteiger partial charge in [0.1, 0.15) is 29.1 Å². The molecule has 4 amide bonds. The first kappa shape index (κ1) is 45.9. The number of benzene rings is 2. The molecule has 0 aliphatic rings. The van der Waals surface area contributed by atoms with Gasteiger partial charge in [-0.2, -0.15) is 11.8 Å². The van der Waals surface area contributed by atoms with Crippen LogP contribution in [-0.4, -0.2) is 87.1 Å². The number of amides is 4. The Morgan fingerprint density at radius 3 is 2.25 bits per heavy atom. The normalized spacial score (nSPS) is 13.4. The van der Waals surface area contributed by atoms with Crippen LogP contribution in [0.4, 0.5) is 13.6 Å². The second kappa shape index (κ2) is 20.6. The van der Waals surface area contributed by atoms with Gasteiger partial charge in [0, 0.05) is 43.7 Å². The standard InChI is InChI=1S/C41H59F2N7O5S/c1-26(2)34(44)38(53)47-27(3)37(52)45-19-21-56-25-33(51)50(20-13-18-46-39(54)55-41(7,8)9)35(40(4,5)6)36-48-32(30-22-29(42)16-17-31(30)43)24-49(36)23-28-14-11-10-12-15-28/h10-12,14-17,22,24,26-27,34-35H,13,18-21,23,25,44H2,1-9H3,(H,45,52)(H,46,54)(H,47,53)/t27-,34-,35-/m0/s1. The maximum absolute atomic E-state index is 15.2. The van der Waals surface area contributed by atoms with Crippen LogP contribution < -0.4 is 21.7 Å². The van der Waals surface area contributed by atoms with E-state index in [1.807, 2.05) is 69.5 Å². The van der Waals surface area contributed by atoms with E-state index in [-0.39, 0.29) is 54.4 Å². The fourth-order valence-corrected chi connectivity index (χ4v) is 6.58. The van der Waals surface area contributed by atoms with Gasteiger partial charge >= 0.3 is 6.09 Å². The van der Waals surface area contributed by atoms with Crippen LogP contribution in [0.1, 0.15) is 86.2 Å². The summed E-state index contributed by atoms with van der Waals surface area (Å²) in [5.41, 5.74) is 5.78. The summed E-state index contributed by atoms with van der Waals surface area (Å²) in [6, 6.07) is 10.7. The third-order valence-corrected chi connectivity index (χ3v) is 9.64. The molecule has 0 radical (unpaired) electrons. The van der Waals surface area contributed by atoms with Gasteiger partial charge in [0.05, 0.1) is 23.5 Å². The summed E-state index contributed by atoms with van der Waals surface area (Å²) in [5.74, 6) is -1.36. The van der Waals surface area contributed by atoms with Gasteiger partial charge in [0.15, 0.2) is 0 Å². The highest BCUT2D eigenvalue weighted by molar-refractivity contribution is 7.99. The van der Waals surface area contributed by atoms with Gasteiger partial charge in [-0.3, -0.25) is 14.4 Å². The lowest BCUT2D eigenvalue weighted by atomic mass is 9.84. The average molecular weight is 800 g/mol. The first-order valence-corrected chi connectivity index (χ1v) is 20.1. The van der Waals surface area contributed by atoms with Crippen LogP contribution >= 0.6 is 11.8 Å². The lowest BCUT2D eigenvalue weighted by Crippen LogP contribution is -2.51. The predicted molar refractivity (Wildman–Crippen MR) is 217 cm³/mol. The number of nitrogens with zero attached hydrogens (tertiary/aromatic N) is 3. The number of imidazole rings is 1. The third-order valence-electron chi connectivity index (χ3n) is 8.69. The fourth-order valence-electron chi connectivity index (χ4n) is 5.84. The minimum Gasteiger partial charge on any atom is -0.444 e. The summed E-state index contributed by atoms with van der Waals surface area (Å²) < 4.78 is 36.8. The number of nitrogens with one attached hydrogen (secondary N) is 3. The molecule has 308 valence electrons. The quantitative estimate of drug-likeness (QED) is 0.113. The van der Waals surface area contributed by atoms with Gasteiger partial charge < -0.3 is 35.9 Å². The number of alkyl carbamates (subject to hydrolysis) is 1. The molecule has 0 fully saturated rings. The van der Waals surface area contributed by atoms with Crippen molar-refractivity contribution in [2.24, 2.45) is 17.1 Å². The van der Waals surface area contributed by atoms with Crippen LogP contribution in [0.3, 0.4) is 0 Å². The second-order valence-corrected chi connectivity index (χ2v) is 17.3. The monoisotopic (exact) mass is 799 g/mol. The number of carbonyl (C=O) groups is 4. The zero-order valence-corrected chi connectivity index (χ0v) is 34.9. The molecule has 0 saturated carbocycles. The SMILES string of the molecule is CC(C)[C@H](N)C(=O)N[C@@H](C)C(=O)NCCSCC(=O)N(CCCNC(=O)OC(C)(C)C)[C@@H](c1nc(-c2cc(F)ccc2F)cn1Cc1ccccc1)C(C)(C)C. The Labute approximate surface area is 334 Å². The topological polar surface area (TPSA) is 161 Å². The van der Waals surface area contributed by atoms with Gasteiger partial charge in [-0.15, -0.1) is 0 Å². The minimum atomic E-state index is -0.790. The van der Waals surface area contributed by atoms with Gasteiger partial charge in [-0.1, -0.05) is 65.0 Å². The first-order chi connectivity index (χ1) is 26.2. The first-order valence-electron chi connectivity index (χ1n) is 18.9. The molecule has 1 aromatic heterocycles. The van der Waals surface area contributed by atoms with Crippen LogP contribution in [0.25, 0.3) is 11.3 Å². The van der Waals surface area contributed by atoms with E-state index in [2.05, 4.69) is 16.0 Å². The number of rotatable bonds is 18. The molecule has 0 aliphatic carbocycles. The highest BCUT2D eigenvalue weighted by Crippen LogP contribution is 2.40.